The van der Waals surface area contributed by atoms with Gasteiger partial charge in [0.05, 0.1) is 12.1 Å². The summed E-state index contributed by atoms with van der Waals surface area (Å²) in [5.41, 5.74) is 2.04. The lowest BCUT2D eigenvalue weighted by Crippen LogP contribution is -2.21. The van der Waals surface area contributed by atoms with Crippen molar-refractivity contribution in [2.75, 3.05) is 7.11 Å². The molecule has 1 heterocycles. The van der Waals surface area contributed by atoms with Crippen LogP contribution in [-0.2, 0) is 13.2 Å². The maximum Gasteiger partial charge on any atom is 0.180 e. The number of methoxy groups -OCH3 is 1. The maximum absolute atomic E-state index is 6.35. The summed E-state index contributed by atoms with van der Waals surface area (Å²) in [6, 6.07) is 8.08. The summed E-state index contributed by atoms with van der Waals surface area (Å²) in [6.45, 7) is 5.33. The van der Waals surface area contributed by atoms with Gasteiger partial charge in [0.2, 0.25) is 0 Å². The zero-order valence-electron chi connectivity index (χ0n) is 13.5. The standard InChI is InChI=1S/C17H21ClN2O2.ClH/c1-12(2)20-10-14-7-15(18)17(16(8-14)21-3)22-11-13-5-4-6-19-9-13;/h4-9,12,20H,10-11H2,1-3H3;1H. The first-order valence-electron chi connectivity index (χ1n) is 7.21. The molecule has 0 aliphatic heterocycles. The molecule has 0 amide bonds. The zero-order valence-corrected chi connectivity index (χ0v) is 15.1. The van der Waals surface area contributed by atoms with Crippen molar-refractivity contribution in [2.45, 2.75) is 33.0 Å². The van der Waals surface area contributed by atoms with Crippen LogP contribution in [-0.4, -0.2) is 18.1 Å². The smallest absolute Gasteiger partial charge is 0.180 e. The summed E-state index contributed by atoms with van der Waals surface area (Å²) in [5.74, 6) is 1.19. The van der Waals surface area contributed by atoms with Crippen LogP contribution >= 0.6 is 24.0 Å². The van der Waals surface area contributed by atoms with Crippen molar-refractivity contribution >= 4 is 24.0 Å². The topological polar surface area (TPSA) is 43.4 Å². The quantitative estimate of drug-likeness (QED) is 0.805. The minimum Gasteiger partial charge on any atom is -0.493 e. The monoisotopic (exact) mass is 356 g/mol. The van der Waals surface area contributed by atoms with Crippen molar-refractivity contribution in [2.24, 2.45) is 0 Å². The highest BCUT2D eigenvalue weighted by Gasteiger charge is 2.12. The molecule has 0 fully saturated rings. The molecule has 0 saturated heterocycles. The Morgan fingerprint density at radius 1 is 1.26 bits per heavy atom. The van der Waals surface area contributed by atoms with E-state index < -0.39 is 0 Å². The van der Waals surface area contributed by atoms with E-state index in [1.54, 1.807) is 19.5 Å². The Kier molecular flexibility index (Phi) is 8.17. The normalized spacial score (nSPS) is 10.3. The predicted octanol–water partition coefficient (Wildman–Crippen LogP) is 4.24. The van der Waals surface area contributed by atoms with Crippen molar-refractivity contribution in [1.82, 2.24) is 10.3 Å². The highest BCUT2D eigenvalue weighted by molar-refractivity contribution is 6.32. The summed E-state index contributed by atoms with van der Waals surface area (Å²) in [7, 11) is 1.61. The number of hydrogen-bond acceptors (Lipinski definition) is 4. The SMILES string of the molecule is COc1cc(CNC(C)C)cc(Cl)c1OCc1cccnc1.Cl. The van der Waals surface area contributed by atoms with E-state index >= 15 is 0 Å². The average Bonchev–Trinajstić information content (AvgIpc) is 2.52. The number of nitrogens with zero attached hydrogens (tertiary/aromatic N) is 1. The molecule has 0 bridgehead atoms. The molecule has 4 nitrogen and oxygen atoms in total. The second kappa shape index (κ2) is 9.60. The third-order valence-electron chi connectivity index (χ3n) is 3.11. The van der Waals surface area contributed by atoms with Crippen molar-refractivity contribution in [3.63, 3.8) is 0 Å². The number of nitrogens with one attached hydrogen (secondary N) is 1. The Balaban J connectivity index is 0.00000264. The molecule has 0 unspecified atom stereocenters. The molecule has 1 N–H and O–H groups in total. The number of hydrogen-bond donors (Lipinski definition) is 1. The molecule has 0 spiro atoms. The zero-order chi connectivity index (χ0) is 15.9. The summed E-state index contributed by atoms with van der Waals surface area (Å²) in [5, 5.41) is 3.90. The molecule has 0 radical (unpaired) electrons. The Labute approximate surface area is 148 Å². The van der Waals surface area contributed by atoms with Gasteiger partial charge in [-0.1, -0.05) is 31.5 Å². The molecule has 1 aromatic carbocycles. The molecule has 2 aromatic rings. The fourth-order valence-corrected chi connectivity index (χ4v) is 2.26. The lowest BCUT2D eigenvalue weighted by Gasteiger charge is -2.15. The first kappa shape index (κ1) is 19.6. The second-order valence-electron chi connectivity index (χ2n) is 5.29. The number of ether oxygens (including phenoxy) is 2. The third-order valence-corrected chi connectivity index (χ3v) is 3.39. The molecule has 1 aromatic heterocycles. The van der Waals surface area contributed by atoms with Crippen LogP contribution in [0, 0.1) is 0 Å². The fourth-order valence-electron chi connectivity index (χ4n) is 1.98. The molecule has 6 heteroatoms. The lowest BCUT2D eigenvalue weighted by atomic mass is 10.2. The van der Waals surface area contributed by atoms with Crippen LogP contribution < -0.4 is 14.8 Å². The molecule has 2 rings (SSSR count). The minimum atomic E-state index is 0. The van der Waals surface area contributed by atoms with Crippen molar-refractivity contribution in [1.29, 1.82) is 0 Å². The average molecular weight is 357 g/mol. The van der Waals surface area contributed by atoms with E-state index in [4.69, 9.17) is 21.1 Å². The molecule has 0 atom stereocenters. The molecule has 23 heavy (non-hydrogen) atoms. The van der Waals surface area contributed by atoms with Crippen LogP contribution in [0.5, 0.6) is 11.5 Å². The first-order valence-corrected chi connectivity index (χ1v) is 7.59. The second-order valence-corrected chi connectivity index (χ2v) is 5.70. The summed E-state index contributed by atoms with van der Waals surface area (Å²) in [6.07, 6.45) is 3.49. The first-order chi connectivity index (χ1) is 10.6. The van der Waals surface area contributed by atoms with Gasteiger partial charge in [0.25, 0.3) is 0 Å². The van der Waals surface area contributed by atoms with Gasteiger partial charge in [-0.15, -0.1) is 12.4 Å². The molecular weight excluding hydrogens is 335 g/mol. The number of halogens is 2. The van der Waals surface area contributed by atoms with Gasteiger partial charge >= 0.3 is 0 Å². The Morgan fingerprint density at radius 3 is 2.65 bits per heavy atom. The largest absolute Gasteiger partial charge is 0.493 e. The van der Waals surface area contributed by atoms with Crippen LogP contribution in [0.25, 0.3) is 0 Å². The van der Waals surface area contributed by atoms with Gasteiger partial charge in [0.1, 0.15) is 6.61 Å². The molecule has 0 aliphatic rings. The van der Waals surface area contributed by atoms with E-state index in [1.807, 2.05) is 24.3 Å². The Hall–Kier alpha value is -1.49. The summed E-state index contributed by atoms with van der Waals surface area (Å²) in [4.78, 5) is 4.06. The van der Waals surface area contributed by atoms with Gasteiger partial charge < -0.3 is 14.8 Å². The van der Waals surface area contributed by atoms with Crippen LogP contribution in [0.1, 0.15) is 25.0 Å². The van der Waals surface area contributed by atoms with E-state index in [0.717, 1.165) is 17.7 Å². The molecule has 0 saturated carbocycles. The Morgan fingerprint density at radius 2 is 2.04 bits per heavy atom. The molecular formula is C17H22Cl2N2O2. The van der Waals surface area contributed by atoms with Crippen molar-refractivity contribution < 1.29 is 9.47 Å². The van der Waals surface area contributed by atoms with Crippen LogP contribution in [0.2, 0.25) is 5.02 Å². The van der Waals surface area contributed by atoms with E-state index in [9.17, 15) is 0 Å². The van der Waals surface area contributed by atoms with Crippen LogP contribution in [0.3, 0.4) is 0 Å². The van der Waals surface area contributed by atoms with E-state index in [2.05, 4.69) is 24.1 Å². The van der Waals surface area contributed by atoms with E-state index in [0.29, 0.717) is 29.2 Å². The summed E-state index contributed by atoms with van der Waals surface area (Å²) >= 11 is 6.35. The number of rotatable bonds is 7. The third kappa shape index (κ3) is 5.90. The maximum atomic E-state index is 6.35. The van der Waals surface area contributed by atoms with Gasteiger partial charge in [0, 0.05) is 30.5 Å². The highest BCUT2D eigenvalue weighted by Crippen LogP contribution is 2.36. The van der Waals surface area contributed by atoms with Gasteiger partial charge in [-0.2, -0.15) is 0 Å². The summed E-state index contributed by atoms with van der Waals surface area (Å²) < 4.78 is 11.2. The minimum absolute atomic E-state index is 0. The van der Waals surface area contributed by atoms with E-state index in [-0.39, 0.29) is 12.4 Å². The highest BCUT2D eigenvalue weighted by atomic mass is 35.5. The predicted molar refractivity (Wildman–Crippen MR) is 95.8 cm³/mol. The van der Waals surface area contributed by atoms with Gasteiger partial charge in [-0.25, -0.2) is 0 Å². The van der Waals surface area contributed by atoms with E-state index in [1.165, 1.54) is 0 Å². The van der Waals surface area contributed by atoms with Gasteiger partial charge in [0.15, 0.2) is 11.5 Å². The fraction of sp³-hybridized carbons (Fsp3) is 0.353. The van der Waals surface area contributed by atoms with Gasteiger partial charge in [-0.05, 0) is 23.8 Å². The Bertz CT molecular complexity index is 607. The molecule has 0 aliphatic carbocycles. The number of pyridine rings is 1. The number of aromatic nitrogens is 1. The van der Waals surface area contributed by atoms with Crippen LogP contribution in [0.4, 0.5) is 0 Å². The van der Waals surface area contributed by atoms with Crippen LogP contribution in [0.15, 0.2) is 36.7 Å². The molecule has 126 valence electrons. The number of benzene rings is 1. The van der Waals surface area contributed by atoms with Crippen molar-refractivity contribution in [3.8, 4) is 11.5 Å². The lowest BCUT2D eigenvalue weighted by molar-refractivity contribution is 0.284. The van der Waals surface area contributed by atoms with Crippen molar-refractivity contribution in [3.05, 3.63) is 52.8 Å². The van der Waals surface area contributed by atoms with Gasteiger partial charge in [-0.3, -0.25) is 4.98 Å².